The van der Waals surface area contributed by atoms with Crippen LogP contribution < -0.4 is 15.6 Å². The molecule has 0 fully saturated rings. The number of sulfonamides is 1. The van der Waals surface area contributed by atoms with Crippen molar-refractivity contribution in [2.45, 2.75) is 25.2 Å². The molecule has 0 atom stereocenters. The highest BCUT2D eigenvalue weighted by Crippen LogP contribution is 2.21. The van der Waals surface area contributed by atoms with E-state index >= 15 is 0 Å². The fraction of sp³-hybridized carbons (Fsp3) is 0.120. The monoisotopic (exact) mass is 476 g/mol. The minimum absolute atomic E-state index is 0.0833. The lowest BCUT2D eigenvalue weighted by atomic mass is 10.1. The Morgan fingerprint density at radius 1 is 0.912 bits per heavy atom. The van der Waals surface area contributed by atoms with Crippen LogP contribution in [-0.4, -0.2) is 25.2 Å². The van der Waals surface area contributed by atoms with Crippen molar-refractivity contribution in [2.24, 2.45) is 0 Å². The van der Waals surface area contributed by atoms with Gasteiger partial charge in [0, 0.05) is 28.4 Å². The molecular formula is C25H24N4O4S. The van der Waals surface area contributed by atoms with Gasteiger partial charge in [-0.15, -0.1) is 0 Å². The summed E-state index contributed by atoms with van der Waals surface area (Å²) in [6.45, 7) is 3.53. The molecule has 1 aromatic heterocycles. The Kier molecular flexibility index (Phi) is 6.38. The van der Waals surface area contributed by atoms with Crippen molar-refractivity contribution in [1.82, 2.24) is 15.8 Å². The molecule has 8 nitrogen and oxygen atoms in total. The molecule has 0 aliphatic rings. The number of hydrogen-bond donors (Lipinski definition) is 4. The molecule has 3 aromatic carbocycles. The van der Waals surface area contributed by atoms with Crippen molar-refractivity contribution in [3.05, 3.63) is 95.2 Å². The van der Waals surface area contributed by atoms with Crippen molar-refractivity contribution in [3.63, 3.8) is 0 Å². The van der Waals surface area contributed by atoms with Crippen LogP contribution in [0.4, 0.5) is 5.69 Å². The summed E-state index contributed by atoms with van der Waals surface area (Å²) >= 11 is 0. The highest BCUT2D eigenvalue weighted by atomic mass is 32.2. The van der Waals surface area contributed by atoms with E-state index in [1.807, 2.05) is 37.3 Å². The number of aromatic nitrogens is 1. The standard InChI is InChI=1S/C25H24N4O4S/c1-16-10-11-17(2)23(12-16)34(32,33)29-20-7-5-6-18(13-20)25(31)28-27-24(30)14-19-15-26-22-9-4-3-8-21(19)22/h3-13,15,26,29H,14H2,1-2H3,(H,27,30)(H,28,31). The van der Waals surface area contributed by atoms with E-state index in [9.17, 15) is 18.0 Å². The van der Waals surface area contributed by atoms with Crippen LogP contribution >= 0.6 is 0 Å². The molecule has 1 heterocycles. The Morgan fingerprint density at radius 2 is 1.71 bits per heavy atom. The van der Waals surface area contributed by atoms with Gasteiger partial charge in [-0.05, 0) is 60.9 Å². The number of carbonyl (C=O) groups is 2. The average Bonchev–Trinajstić information content (AvgIpc) is 3.21. The molecule has 4 N–H and O–H groups in total. The van der Waals surface area contributed by atoms with Gasteiger partial charge in [-0.3, -0.25) is 25.2 Å². The van der Waals surface area contributed by atoms with Gasteiger partial charge in [-0.1, -0.05) is 36.4 Å². The van der Waals surface area contributed by atoms with Gasteiger partial charge in [0.25, 0.3) is 15.9 Å². The number of aromatic amines is 1. The summed E-state index contributed by atoms with van der Waals surface area (Å²) in [4.78, 5) is 28.1. The second-order valence-corrected chi connectivity index (χ2v) is 9.64. The highest BCUT2D eigenvalue weighted by molar-refractivity contribution is 7.92. The minimum Gasteiger partial charge on any atom is -0.361 e. The Morgan fingerprint density at radius 3 is 2.53 bits per heavy atom. The first-order chi connectivity index (χ1) is 16.2. The Bertz CT molecular complexity index is 1490. The van der Waals surface area contributed by atoms with Crippen molar-refractivity contribution >= 4 is 38.4 Å². The van der Waals surface area contributed by atoms with Crippen LogP contribution in [0, 0.1) is 13.8 Å². The summed E-state index contributed by atoms with van der Waals surface area (Å²) in [6.07, 6.45) is 1.84. The van der Waals surface area contributed by atoms with Crippen molar-refractivity contribution in [3.8, 4) is 0 Å². The van der Waals surface area contributed by atoms with Gasteiger partial charge >= 0.3 is 0 Å². The number of nitrogens with one attached hydrogen (secondary N) is 4. The molecule has 0 aliphatic heterocycles. The lowest BCUT2D eigenvalue weighted by Crippen LogP contribution is -2.42. The first kappa shape index (κ1) is 23.1. The van der Waals surface area contributed by atoms with Gasteiger partial charge in [0.1, 0.15) is 0 Å². The number of para-hydroxylation sites is 1. The van der Waals surface area contributed by atoms with Crippen molar-refractivity contribution < 1.29 is 18.0 Å². The van der Waals surface area contributed by atoms with E-state index in [0.29, 0.717) is 5.56 Å². The fourth-order valence-electron chi connectivity index (χ4n) is 3.62. The molecule has 2 amide bonds. The summed E-state index contributed by atoms with van der Waals surface area (Å²) in [6, 6.07) is 18.8. The van der Waals surface area contributed by atoms with Crippen LogP contribution in [0.5, 0.6) is 0 Å². The molecule has 0 bridgehead atoms. The number of fused-ring (bicyclic) bond motifs is 1. The maximum absolute atomic E-state index is 12.8. The molecular weight excluding hydrogens is 452 g/mol. The SMILES string of the molecule is Cc1ccc(C)c(S(=O)(=O)Nc2cccc(C(=O)NNC(=O)Cc3c[nH]c4ccccc34)c2)c1. The van der Waals surface area contributed by atoms with E-state index in [1.54, 1.807) is 37.4 Å². The van der Waals surface area contributed by atoms with Crippen LogP contribution in [0.2, 0.25) is 0 Å². The number of hydrogen-bond acceptors (Lipinski definition) is 4. The molecule has 0 spiro atoms. The second kappa shape index (κ2) is 9.40. The number of aryl methyl sites for hydroxylation is 2. The number of benzene rings is 3. The molecule has 4 aromatic rings. The van der Waals surface area contributed by atoms with E-state index in [-0.39, 0.29) is 28.5 Å². The topological polar surface area (TPSA) is 120 Å². The molecule has 34 heavy (non-hydrogen) atoms. The zero-order valence-electron chi connectivity index (χ0n) is 18.7. The average molecular weight is 477 g/mol. The summed E-state index contributed by atoms with van der Waals surface area (Å²) in [5, 5.41) is 0.938. The lowest BCUT2D eigenvalue weighted by molar-refractivity contribution is -0.121. The number of H-pyrrole nitrogens is 1. The van der Waals surface area contributed by atoms with Gasteiger partial charge in [0.05, 0.1) is 11.3 Å². The number of amides is 2. The maximum atomic E-state index is 12.8. The van der Waals surface area contributed by atoms with Gasteiger partial charge < -0.3 is 4.98 Å². The minimum atomic E-state index is -3.84. The summed E-state index contributed by atoms with van der Waals surface area (Å²) in [7, 11) is -3.84. The molecule has 0 radical (unpaired) electrons. The van der Waals surface area contributed by atoms with Crippen LogP contribution in [0.1, 0.15) is 27.0 Å². The van der Waals surface area contributed by atoms with Crippen LogP contribution in [-0.2, 0) is 21.2 Å². The van der Waals surface area contributed by atoms with E-state index in [0.717, 1.165) is 22.0 Å². The first-order valence-corrected chi connectivity index (χ1v) is 12.1. The zero-order chi connectivity index (χ0) is 24.3. The van der Waals surface area contributed by atoms with E-state index in [1.165, 1.54) is 12.1 Å². The summed E-state index contributed by atoms with van der Waals surface area (Å²) in [5.74, 6) is -0.954. The van der Waals surface area contributed by atoms with Gasteiger partial charge in [0.15, 0.2) is 0 Å². The van der Waals surface area contributed by atoms with E-state index in [4.69, 9.17) is 0 Å². The zero-order valence-corrected chi connectivity index (χ0v) is 19.5. The third kappa shape index (κ3) is 5.10. The number of rotatable bonds is 6. The molecule has 174 valence electrons. The Labute approximate surface area is 197 Å². The molecule has 0 saturated heterocycles. The molecule has 0 aliphatic carbocycles. The maximum Gasteiger partial charge on any atom is 0.269 e. The first-order valence-electron chi connectivity index (χ1n) is 10.6. The predicted octanol–water partition coefficient (Wildman–Crippen LogP) is 3.59. The molecule has 0 unspecified atom stereocenters. The number of anilines is 1. The van der Waals surface area contributed by atoms with Gasteiger partial charge in [-0.25, -0.2) is 8.42 Å². The van der Waals surface area contributed by atoms with E-state index in [2.05, 4.69) is 20.6 Å². The summed E-state index contributed by atoms with van der Waals surface area (Å²) < 4.78 is 28.2. The Balaban J connectivity index is 1.40. The largest absolute Gasteiger partial charge is 0.361 e. The highest BCUT2D eigenvalue weighted by Gasteiger charge is 2.18. The van der Waals surface area contributed by atoms with Crippen molar-refractivity contribution in [2.75, 3.05) is 4.72 Å². The van der Waals surface area contributed by atoms with Gasteiger partial charge in [0.2, 0.25) is 5.91 Å². The molecule has 9 heteroatoms. The number of hydrazine groups is 1. The van der Waals surface area contributed by atoms with E-state index < -0.39 is 15.9 Å². The quantitative estimate of drug-likeness (QED) is 0.318. The van der Waals surface area contributed by atoms with Crippen LogP contribution in [0.3, 0.4) is 0 Å². The van der Waals surface area contributed by atoms with Gasteiger partial charge in [-0.2, -0.15) is 0 Å². The van der Waals surface area contributed by atoms with Crippen molar-refractivity contribution in [1.29, 1.82) is 0 Å². The third-order valence-corrected chi connectivity index (χ3v) is 6.87. The molecule has 4 rings (SSSR count). The predicted molar refractivity (Wildman–Crippen MR) is 131 cm³/mol. The number of carbonyl (C=O) groups excluding carboxylic acids is 2. The second-order valence-electron chi connectivity index (χ2n) is 7.99. The summed E-state index contributed by atoms with van der Waals surface area (Å²) in [5.41, 5.74) is 8.37. The Hall–Kier alpha value is -4.11. The smallest absolute Gasteiger partial charge is 0.269 e. The fourth-order valence-corrected chi connectivity index (χ4v) is 5.00. The van der Waals surface area contributed by atoms with Crippen LogP contribution in [0.25, 0.3) is 10.9 Å². The van der Waals surface area contributed by atoms with Crippen LogP contribution in [0.15, 0.2) is 77.8 Å². The lowest BCUT2D eigenvalue weighted by Gasteiger charge is -2.12. The molecule has 0 saturated carbocycles. The third-order valence-electron chi connectivity index (χ3n) is 5.35. The normalized spacial score (nSPS) is 11.2.